The molecule has 43 heavy (non-hydrogen) atoms. The summed E-state index contributed by atoms with van der Waals surface area (Å²) in [7, 11) is -0.458. The second kappa shape index (κ2) is 13.5. The molecule has 1 fully saturated rings. The Labute approximate surface area is 257 Å². The van der Waals surface area contributed by atoms with E-state index in [4.69, 9.17) is 9.83 Å². The van der Waals surface area contributed by atoms with E-state index in [1.165, 1.54) is 41.5 Å². The number of rotatable bonds is 11. The van der Waals surface area contributed by atoms with Crippen molar-refractivity contribution in [3.05, 3.63) is 64.4 Å². The molecule has 2 aromatic carbocycles. The summed E-state index contributed by atoms with van der Waals surface area (Å²) in [5.74, 6) is -0.250. The van der Waals surface area contributed by atoms with Gasteiger partial charge in [0, 0.05) is 68.9 Å². The third-order valence-corrected chi connectivity index (χ3v) is 10.3. The zero-order chi connectivity index (χ0) is 31.5. The molecule has 0 unspecified atom stereocenters. The lowest BCUT2D eigenvalue weighted by molar-refractivity contribution is 0.0964. The molecule has 3 N–H and O–H groups in total. The van der Waals surface area contributed by atoms with Crippen LogP contribution in [0.15, 0.2) is 51.9 Å². The minimum Gasteiger partial charge on any atom is -0.455 e. The maximum Gasteiger partial charge on any atom is 0.255 e. The van der Waals surface area contributed by atoms with Crippen molar-refractivity contribution in [2.45, 2.75) is 39.5 Å². The molecule has 9 nitrogen and oxygen atoms in total. The minimum atomic E-state index is -3.93. The zero-order valence-electron chi connectivity index (χ0n) is 25.5. The van der Waals surface area contributed by atoms with Crippen LogP contribution in [0.4, 0.5) is 10.1 Å². The summed E-state index contributed by atoms with van der Waals surface area (Å²) < 4.78 is 51.0. The molecule has 3 aromatic rings. The summed E-state index contributed by atoms with van der Waals surface area (Å²) >= 11 is 1.50. The molecular weight excluding hydrogens is 590 g/mol. The van der Waals surface area contributed by atoms with Crippen LogP contribution in [0.5, 0.6) is 0 Å². The number of piperidine rings is 1. The Morgan fingerprint density at radius 3 is 2.58 bits per heavy atom. The lowest BCUT2D eigenvalue weighted by Gasteiger charge is -2.34. The molecule has 1 amide bonds. The van der Waals surface area contributed by atoms with Crippen LogP contribution in [0.3, 0.4) is 0 Å². The fourth-order valence-electron chi connectivity index (χ4n) is 5.32. The first-order valence-corrected chi connectivity index (χ1v) is 16.9. The van der Waals surface area contributed by atoms with Crippen molar-refractivity contribution >= 4 is 50.2 Å². The van der Waals surface area contributed by atoms with Crippen LogP contribution < -0.4 is 14.9 Å². The number of carbonyl (C=O) groups excluding carboxylic acids is 1. The maximum absolute atomic E-state index is 13.8. The summed E-state index contributed by atoms with van der Waals surface area (Å²) in [6, 6.07) is 9.61. The topological polar surface area (TPSA) is 119 Å². The number of halogens is 1. The number of furan rings is 1. The maximum atomic E-state index is 13.8. The van der Waals surface area contributed by atoms with Gasteiger partial charge in [0.2, 0.25) is 10.0 Å². The quantitative estimate of drug-likeness (QED) is 0.177. The monoisotopic (exact) mass is 629 g/mol. The van der Waals surface area contributed by atoms with Crippen LogP contribution in [0.1, 0.15) is 55.5 Å². The first-order valence-electron chi connectivity index (χ1n) is 14.2. The highest BCUT2D eigenvalue weighted by atomic mass is 32.2. The zero-order valence-corrected chi connectivity index (χ0v) is 27.1. The molecule has 0 aliphatic carbocycles. The number of fused-ring (bicyclic) bond motifs is 1. The van der Waals surface area contributed by atoms with Gasteiger partial charge >= 0.3 is 0 Å². The number of benzene rings is 2. The Hall–Kier alpha value is -3.35. The fraction of sp³-hybridized carbons (Fsp3) is 0.419. The highest BCUT2D eigenvalue weighted by Crippen LogP contribution is 2.42. The van der Waals surface area contributed by atoms with Crippen LogP contribution in [-0.4, -0.2) is 64.3 Å². The fourth-order valence-corrected chi connectivity index (χ4v) is 7.32. The molecule has 1 saturated heterocycles. The molecule has 0 saturated carbocycles. The molecule has 0 bridgehead atoms. The molecular formula is C31H40FN5O4S2. The second-order valence-corrected chi connectivity index (χ2v) is 13.9. The van der Waals surface area contributed by atoms with Gasteiger partial charge in [-0.2, -0.15) is 4.31 Å². The number of anilines is 1. The normalized spacial score (nSPS) is 16.5. The van der Waals surface area contributed by atoms with Crippen molar-refractivity contribution in [2.24, 2.45) is 5.92 Å². The summed E-state index contributed by atoms with van der Waals surface area (Å²) in [4.78, 5) is 13.1. The van der Waals surface area contributed by atoms with Crippen LogP contribution in [0.2, 0.25) is 0 Å². The van der Waals surface area contributed by atoms with Crippen molar-refractivity contribution in [1.29, 1.82) is 5.41 Å². The van der Waals surface area contributed by atoms with Crippen LogP contribution in [-0.2, 0) is 10.0 Å². The Morgan fingerprint density at radius 2 is 1.98 bits per heavy atom. The summed E-state index contributed by atoms with van der Waals surface area (Å²) in [5, 5.41) is 14.6. The molecule has 1 aromatic heterocycles. The van der Waals surface area contributed by atoms with E-state index >= 15 is 0 Å². The van der Waals surface area contributed by atoms with Gasteiger partial charge in [0.1, 0.15) is 22.1 Å². The number of sulfonamides is 1. The van der Waals surface area contributed by atoms with Gasteiger partial charge in [-0.25, -0.2) is 12.8 Å². The molecule has 0 spiro atoms. The minimum absolute atomic E-state index is 0.0236. The van der Waals surface area contributed by atoms with E-state index in [9.17, 15) is 17.6 Å². The van der Waals surface area contributed by atoms with E-state index in [2.05, 4.69) is 10.6 Å². The van der Waals surface area contributed by atoms with Crippen molar-refractivity contribution in [3.63, 3.8) is 0 Å². The predicted molar refractivity (Wildman–Crippen MR) is 174 cm³/mol. The highest BCUT2D eigenvalue weighted by molar-refractivity contribution is 7.99. The van der Waals surface area contributed by atoms with E-state index < -0.39 is 15.8 Å². The lowest BCUT2D eigenvalue weighted by Crippen LogP contribution is -2.41. The van der Waals surface area contributed by atoms with Crippen LogP contribution >= 0.6 is 11.9 Å². The lowest BCUT2D eigenvalue weighted by atomic mass is 9.89. The van der Waals surface area contributed by atoms with E-state index in [-0.39, 0.29) is 29.0 Å². The molecule has 232 valence electrons. The van der Waals surface area contributed by atoms with Gasteiger partial charge in [-0.15, -0.1) is 0 Å². The number of carbonyl (C=O) groups is 1. The Balaban J connectivity index is 1.82. The van der Waals surface area contributed by atoms with E-state index in [1.807, 2.05) is 43.6 Å². The summed E-state index contributed by atoms with van der Waals surface area (Å²) in [6.45, 7) is 6.72. The standard InChI is InChI=1S/C31H40FN5O4S2/c1-19(2)16-35-17-28(20(3)33)43(39,40)37-13-7-8-22(18-37)24-14-25-27(15-26(24)36(5)42-6)41-30(29(25)31(38)34-4)21-9-11-23(32)12-10-21/h9-12,14-15,17,19,22,33,35H,7-8,13,16,18H2,1-6H3,(H,34,38)/b28-17+,33-20?/t22-/m0/s1. The molecule has 1 atom stereocenters. The van der Waals surface area contributed by atoms with E-state index in [1.54, 1.807) is 19.2 Å². The van der Waals surface area contributed by atoms with Crippen LogP contribution in [0, 0.1) is 17.1 Å². The highest BCUT2D eigenvalue weighted by Gasteiger charge is 2.35. The number of nitrogens with one attached hydrogen (secondary N) is 3. The van der Waals surface area contributed by atoms with Gasteiger partial charge in [0.15, 0.2) is 0 Å². The van der Waals surface area contributed by atoms with E-state index in [0.717, 1.165) is 17.7 Å². The number of allylic oxidation sites excluding steroid dienone is 1. The van der Waals surface area contributed by atoms with Gasteiger partial charge in [0.05, 0.1) is 11.3 Å². The average molecular weight is 630 g/mol. The van der Waals surface area contributed by atoms with Crippen molar-refractivity contribution in [2.75, 3.05) is 44.3 Å². The number of amides is 1. The van der Waals surface area contributed by atoms with Crippen molar-refractivity contribution in [1.82, 2.24) is 14.9 Å². The Kier molecular flexibility index (Phi) is 10.2. The van der Waals surface area contributed by atoms with E-state index in [0.29, 0.717) is 53.3 Å². The smallest absolute Gasteiger partial charge is 0.255 e. The summed E-state index contributed by atoms with van der Waals surface area (Å²) in [5.41, 5.74) is 3.13. The van der Waals surface area contributed by atoms with Gasteiger partial charge in [0.25, 0.3) is 5.91 Å². The first kappa shape index (κ1) is 32.6. The number of nitrogens with zero attached hydrogens (tertiary/aromatic N) is 2. The molecule has 0 radical (unpaired) electrons. The largest absolute Gasteiger partial charge is 0.455 e. The van der Waals surface area contributed by atoms with Gasteiger partial charge in [-0.3, -0.25) is 4.79 Å². The van der Waals surface area contributed by atoms with Gasteiger partial charge in [-0.1, -0.05) is 25.8 Å². The molecule has 12 heteroatoms. The van der Waals surface area contributed by atoms with Gasteiger partial charge in [-0.05, 0) is 67.5 Å². The van der Waals surface area contributed by atoms with Gasteiger partial charge < -0.3 is 24.8 Å². The summed E-state index contributed by atoms with van der Waals surface area (Å²) in [6.07, 6.45) is 4.78. The Morgan fingerprint density at radius 1 is 1.28 bits per heavy atom. The number of hydrogen-bond acceptors (Lipinski definition) is 8. The van der Waals surface area contributed by atoms with Crippen molar-refractivity contribution in [3.8, 4) is 11.3 Å². The molecule has 1 aliphatic heterocycles. The van der Waals surface area contributed by atoms with Crippen LogP contribution in [0.25, 0.3) is 22.3 Å². The average Bonchev–Trinajstić information content (AvgIpc) is 3.36. The third kappa shape index (κ3) is 6.91. The molecule has 4 rings (SSSR count). The third-order valence-electron chi connectivity index (χ3n) is 7.58. The molecule has 1 aliphatic rings. The Bertz CT molecular complexity index is 1630. The number of hydrogen-bond donors (Lipinski definition) is 3. The molecule has 2 heterocycles. The second-order valence-electron chi connectivity index (χ2n) is 11.1. The predicted octanol–water partition coefficient (Wildman–Crippen LogP) is 5.95. The van der Waals surface area contributed by atoms with Crippen molar-refractivity contribution < 1.29 is 22.0 Å². The SMILES string of the molecule is CNC(=O)c1c(-c2ccc(F)cc2)oc2cc(N(C)SC)c([C@H]3CCCN(S(=O)(=O)/C(=C/NCC(C)C)C(C)=N)C3)cc12. The first-order chi connectivity index (χ1) is 20.4.